The van der Waals surface area contributed by atoms with Crippen LogP contribution in [0.25, 0.3) is 0 Å². The van der Waals surface area contributed by atoms with Gasteiger partial charge in [-0.2, -0.15) is 0 Å². The summed E-state index contributed by atoms with van der Waals surface area (Å²) in [6.07, 6.45) is 3.03. The van der Waals surface area contributed by atoms with E-state index in [4.69, 9.17) is 4.42 Å². The van der Waals surface area contributed by atoms with Crippen molar-refractivity contribution >= 4 is 17.5 Å². The monoisotopic (exact) mass is 326 g/mol. The first kappa shape index (κ1) is 16.3. The molecule has 1 heterocycles. The van der Waals surface area contributed by atoms with E-state index in [-0.39, 0.29) is 23.7 Å². The van der Waals surface area contributed by atoms with Crippen molar-refractivity contribution in [1.29, 1.82) is 0 Å². The van der Waals surface area contributed by atoms with Crippen molar-refractivity contribution in [2.24, 2.45) is 11.8 Å². The Morgan fingerprint density at radius 2 is 1.96 bits per heavy atom. The molecule has 1 saturated carbocycles. The summed E-state index contributed by atoms with van der Waals surface area (Å²) in [6, 6.07) is 9.58. The lowest BCUT2D eigenvalue weighted by atomic mass is 10.1. The van der Waals surface area contributed by atoms with Gasteiger partial charge in [-0.3, -0.25) is 9.59 Å². The lowest BCUT2D eigenvalue weighted by Gasteiger charge is -2.13. The van der Waals surface area contributed by atoms with Crippen molar-refractivity contribution in [3.8, 4) is 0 Å². The second-order valence-electron chi connectivity index (χ2n) is 6.20. The second-order valence-corrected chi connectivity index (χ2v) is 6.20. The lowest BCUT2D eigenvalue weighted by molar-refractivity contribution is -0.125. The number of hydrogen-bond acceptors (Lipinski definition) is 3. The molecule has 2 atom stereocenters. The van der Waals surface area contributed by atoms with E-state index in [0.717, 1.165) is 23.2 Å². The van der Waals surface area contributed by atoms with E-state index in [1.807, 2.05) is 31.2 Å². The molecule has 1 aliphatic carbocycles. The summed E-state index contributed by atoms with van der Waals surface area (Å²) in [6.45, 7) is 4.40. The Labute approximate surface area is 141 Å². The lowest BCUT2D eigenvalue weighted by Crippen LogP contribution is -2.27. The predicted octanol–water partition coefficient (Wildman–Crippen LogP) is 3.04. The van der Waals surface area contributed by atoms with Crippen LogP contribution in [0.4, 0.5) is 5.69 Å². The molecule has 0 aliphatic heterocycles. The molecular formula is C19H22N2O3. The Balaban J connectivity index is 1.55. The van der Waals surface area contributed by atoms with Crippen molar-refractivity contribution in [3.05, 3.63) is 53.5 Å². The molecule has 2 aromatic rings. The van der Waals surface area contributed by atoms with Gasteiger partial charge in [0.05, 0.1) is 24.6 Å². The fourth-order valence-electron chi connectivity index (χ4n) is 2.91. The number of amides is 2. The zero-order valence-electron chi connectivity index (χ0n) is 14.0. The summed E-state index contributed by atoms with van der Waals surface area (Å²) in [5.41, 5.74) is 3.04. The molecule has 0 bridgehead atoms. The summed E-state index contributed by atoms with van der Waals surface area (Å²) >= 11 is 0. The van der Waals surface area contributed by atoms with Crippen LogP contribution < -0.4 is 10.6 Å². The molecule has 5 heteroatoms. The third kappa shape index (κ3) is 3.50. The number of benzene rings is 1. The van der Waals surface area contributed by atoms with Gasteiger partial charge in [-0.15, -0.1) is 0 Å². The first-order chi connectivity index (χ1) is 11.6. The topological polar surface area (TPSA) is 71.3 Å². The number of para-hydroxylation sites is 1. The summed E-state index contributed by atoms with van der Waals surface area (Å²) in [5.74, 6) is 0.0571. The Morgan fingerprint density at radius 1 is 1.17 bits per heavy atom. The number of anilines is 1. The Kier molecular flexibility index (Phi) is 4.69. The summed E-state index contributed by atoms with van der Waals surface area (Å²) < 4.78 is 5.18. The third-order valence-corrected chi connectivity index (χ3v) is 4.47. The fraction of sp³-hybridized carbons (Fsp3) is 0.368. The van der Waals surface area contributed by atoms with Gasteiger partial charge in [0.1, 0.15) is 5.76 Å². The van der Waals surface area contributed by atoms with Crippen molar-refractivity contribution in [3.63, 3.8) is 0 Å². The molecule has 0 radical (unpaired) electrons. The molecule has 1 aromatic heterocycles. The van der Waals surface area contributed by atoms with Crippen LogP contribution in [0.2, 0.25) is 0 Å². The number of hydrogen-bond donors (Lipinski definition) is 2. The smallest absolute Gasteiger partial charge is 0.228 e. The standard InChI is InChI=1S/C19H22N2O3/c1-3-13-7-4-6-12(2)17(13)21-19(23)16-10-15(16)18(22)20-11-14-8-5-9-24-14/h4-9,15-16H,3,10-11H2,1-2H3,(H,20,22)(H,21,23). The van der Waals surface area contributed by atoms with Gasteiger partial charge in [0.15, 0.2) is 0 Å². The van der Waals surface area contributed by atoms with Crippen LogP contribution in [0.5, 0.6) is 0 Å². The van der Waals surface area contributed by atoms with Crippen molar-refractivity contribution < 1.29 is 14.0 Å². The highest BCUT2D eigenvalue weighted by atomic mass is 16.3. The zero-order valence-corrected chi connectivity index (χ0v) is 14.0. The van der Waals surface area contributed by atoms with Gasteiger partial charge in [-0.25, -0.2) is 0 Å². The van der Waals surface area contributed by atoms with E-state index >= 15 is 0 Å². The average Bonchev–Trinajstić information content (AvgIpc) is 3.22. The molecule has 3 rings (SSSR count). The third-order valence-electron chi connectivity index (χ3n) is 4.47. The van der Waals surface area contributed by atoms with E-state index < -0.39 is 0 Å². The molecule has 0 spiro atoms. The van der Waals surface area contributed by atoms with Gasteiger partial charge in [0, 0.05) is 5.69 Å². The minimum Gasteiger partial charge on any atom is -0.467 e. The minimum atomic E-state index is -0.245. The van der Waals surface area contributed by atoms with Crippen molar-refractivity contribution in [2.75, 3.05) is 5.32 Å². The first-order valence-corrected chi connectivity index (χ1v) is 8.29. The Morgan fingerprint density at radius 3 is 2.67 bits per heavy atom. The highest BCUT2D eigenvalue weighted by Gasteiger charge is 2.48. The van der Waals surface area contributed by atoms with Gasteiger partial charge < -0.3 is 15.1 Å². The molecule has 126 valence electrons. The van der Waals surface area contributed by atoms with Crippen LogP contribution in [-0.4, -0.2) is 11.8 Å². The highest BCUT2D eigenvalue weighted by Crippen LogP contribution is 2.40. The number of carbonyl (C=O) groups is 2. The van der Waals surface area contributed by atoms with Crippen LogP contribution in [0.15, 0.2) is 41.0 Å². The number of carbonyl (C=O) groups excluding carboxylic acids is 2. The number of nitrogens with one attached hydrogen (secondary N) is 2. The summed E-state index contributed by atoms with van der Waals surface area (Å²) in [7, 11) is 0. The van der Waals surface area contributed by atoms with E-state index in [2.05, 4.69) is 17.6 Å². The SMILES string of the molecule is CCc1cccc(C)c1NC(=O)C1CC1C(=O)NCc1ccco1. The van der Waals surface area contributed by atoms with Gasteiger partial charge in [0.2, 0.25) is 11.8 Å². The highest BCUT2D eigenvalue weighted by molar-refractivity contribution is 6.00. The zero-order chi connectivity index (χ0) is 17.1. The molecule has 1 fully saturated rings. The molecular weight excluding hydrogens is 304 g/mol. The van der Waals surface area contributed by atoms with Crippen LogP contribution >= 0.6 is 0 Å². The minimum absolute atomic E-state index is 0.0721. The first-order valence-electron chi connectivity index (χ1n) is 8.29. The van der Waals surface area contributed by atoms with Gasteiger partial charge in [0.25, 0.3) is 0 Å². The molecule has 2 amide bonds. The molecule has 1 aliphatic rings. The van der Waals surface area contributed by atoms with Crippen LogP contribution in [0.1, 0.15) is 30.2 Å². The summed E-state index contributed by atoms with van der Waals surface area (Å²) in [5, 5.41) is 5.83. The molecule has 2 unspecified atom stereocenters. The number of aryl methyl sites for hydroxylation is 2. The Bertz CT molecular complexity index is 737. The van der Waals surface area contributed by atoms with Crippen molar-refractivity contribution in [2.45, 2.75) is 33.2 Å². The predicted molar refractivity (Wildman–Crippen MR) is 91.3 cm³/mol. The summed E-state index contributed by atoms with van der Waals surface area (Å²) in [4.78, 5) is 24.6. The average molecular weight is 326 g/mol. The molecule has 1 aromatic carbocycles. The van der Waals surface area contributed by atoms with Gasteiger partial charge >= 0.3 is 0 Å². The number of rotatable bonds is 6. The normalized spacial score (nSPS) is 18.9. The van der Waals surface area contributed by atoms with E-state index in [1.54, 1.807) is 12.3 Å². The molecule has 0 saturated heterocycles. The van der Waals surface area contributed by atoms with Gasteiger partial charge in [-0.1, -0.05) is 25.1 Å². The van der Waals surface area contributed by atoms with E-state index in [1.165, 1.54) is 0 Å². The van der Waals surface area contributed by atoms with Crippen LogP contribution in [0.3, 0.4) is 0 Å². The second kappa shape index (κ2) is 6.91. The molecule has 2 N–H and O–H groups in total. The maximum Gasteiger partial charge on any atom is 0.228 e. The maximum atomic E-state index is 12.4. The quantitative estimate of drug-likeness (QED) is 0.857. The molecule has 24 heavy (non-hydrogen) atoms. The Hall–Kier alpha value is -2.56. The van der Waals surface area contributed by atoms with E-state index in [0.29, 0.717) is 18.7 Å². The fourth-order valence-corrected chi connectivity index (χ4v) is 2.91. The van der Waals surface area contributed by atoms with Gasteiger partial charge in [-0.05, 0) is 43.0 Å². The maximum absolute atomic E-state index is 12.4. The van der Waals surface area contributed by atoms with Crippen LogP contribution in [-0.2, 0) is 22.6 Å². The van der Waals surface area contributed by atoms with E-state index in [9.17, 15) is 9.59 Å². The largest absolute Gasteiger partial charge is 0.467 e. The molecule has 5 nitrogen and oxygen atoms in total. The van der Waals surface area contributed by atoms with Crippen LogP contribution in [0, 0.1) is 18.8 Å². The number of furan rings is 1. The van der Waals surface area contributed by atoms with Crippen molar-refractivity contribution in [1.82, 2.24) is 5.32 Å².